The van der Waals surface area contributed by atoms with Crippen LogP contribution in [0.2, 0.25) is 0 Å². The Labute approximate surface area is 144 Å². The maximum absolute atomic E-state index is 12.9. The highest BCUT2D eigenvalue weighted by Gasteiger charge is 2.51. The van der Waals surface area contributed by atoms with Gasteiger partial charge in [-0.25, -0.2) is 0 Å². The molecule has 5 rings (SSSR count). The second-order valence-corrected chi connectivity index (χ2v) is 8.79. The zero-order valence-corrected chi connectivity index (χ0v) is 14.8. The third-order valence-electron chi connectivity index (χ3n) is 6.94. The summed E-state index contributed by atoms with van der Waals surface area (Å²) >= 11 is 0. The molecule has 0 aromatic heterocycles. The van der Waals surface area contributed by atoms with Gasteiger partial charge in [-0.15, -0.1) is 0 Å². The van der Waals surface area contributed by atoms with E-state index in [1.54, 1.807) is 7.11 Å². The minimum atomic E-state index is 0.0330. The van der Waals surface area contributed by atoms with E-state index in [2.05, 4.69) is 0 Å². The first-order chi connectivity index (χ1) is 11.6. The van der Waals surface area contributed by atoms with E-state index in [-0.39, 0.29) is 12.5 Å². The van der Waals surface area contributed by atoms with Crippen LogP contribution in [0.1, 0.15) is 44.9 Å². The summed E-state index contributed by atoms with van der Waals surface area (Å²) in [4.78, 5) is 28.6. The van der Waals surface area contributed by atoms with Gasteiger partial charge in [0.15, 0.2) is 0 Å². The molecule has 4 bridgehead atoms. The van der Waals surface area contributed by atoms with E-state index in [1.165, 1.54) is 38.5 Å². The van der Waals surface area contributed by atoms with Crippen molar-refractivity contribution < 1.29 is 14.3 Å². The molecule has 0 aromatic carbocycles. The van der Waals surface area contributed by atoms with E-state index in [1.807, 2.05) is 9.80 Å². The van der Waals surface area contributed by atoms with Gasteiger partial charge in [0.25, 0.3) is 0 Å². The monoisotopic (exact) mass is 334 g/mol. The number of piperazine rings is 1. The lowest BCUT2D eigenvalue weighted by Gasteiger charge is -2.57. The molecule has 1 aliphatic heterocycles. The van der Waals surface area contributed by atoms with Gasteiger partial charge in [-0.3, -0.25) is 9.59 Å². The number of methoxy groups -OCH3 is 1. The van der Waals surface area contributed by atoms with Gasteiger partial charge >= 0.3 is 0 Å². The van der Waals surface area contributed by atoms with E-state index in [0.29, 0.717) is 37.5 Å². The minimum Gasteiger partial charge on any atom is -0.375 e. The molecule has 0 spiro atoms. The maximum atomic E-state index is 12.9. The molecule has 5 fully saturated rings. The van der Waals surface area contributed by atoms with E-state index in [9.17, 15) is 9.59 Å². The van der Waals surface area contributed by atoms with E-state index in [0.717, 1.165) is 24.2 Å². The highest BCUT2D eigenvalue weighted by molar-refractivity contribution is 5.79. The number of hydrogen-bond acceptors (Lipinski definition) is 3. The smallest absolute Gasteiger partial charge is 0.248 e. The fourth-order valence-corrected chi connectivity index (χ4v) is 6.36. The number of amides is 2. The minimum absolute atomic E-state index is 0.0330. The zero-order chi connectivity index (χ0) is 16.7. The van der Waals surface area contributed by atoms with Crippen LogP contribution in [0.5, 0.6) is 0 Å². The van der Waals surface area contributed by atoms with Crippen LogP contribution in [0, 0.1) is 23.2 Å². The normalized spacial score (nSPS) is 37.8. The second kappa shape index (κ2) is 6.32. The highest BCUT2D eigenvalue weighted by atomic mass is 16.5. The number of ether oxygens (including phenoxy) is 1. The standard InChI is InChI=1S/C19H30N2O3/c1-24-13-18(23)21-4-2-20(3-5-21)17(22)12-19-9-14-6-15(10-19)8-16(7-14)11-19/h14-16H,2-13H2,1H3. The SMILES string of the molecule is COCC(=O)N1CCN(C(=O)CC23CC4CC(CC(C4)C2)C3)CC1. The Hall–Kier alpha value is -1.10. The van der Waals surface area contributed by atoms with Crippen molar-refractivity contribution in [2.24, 2.45) is 23.2 Å². The highest BCUT2D eigenvalue weighted by Crippen LogP contribution is 2.61. The molecule has 4 saturated carbocycles. The quantitative estimate of drug-likeness (QED) is 0.789. The molecule has 1 saturated heterocycles. The molecule has 5 aliphatic rings. The van der Waals surface area contributed by atoms with Gasteiger partial charge in [-0.2, -0.15) is 0 Å². The molecule has 0 aromatic rings. The van der Waals surface area contributed by atoms with Crippen LogP contribution in [-0.2, 0) is 14.3 Å². The molecule has 24 heavy (non-hydrogen) atoms. The number of hydrogen-bond donors (Lipinski definition) is 0. The van der Waals surface area contributed by atoms with Crippen LogP contribution in [0.4, 0.5) is 0 Å². The Kier molecular flexibility index (Phi) is 4.31. The van der Waals surface area contributed by atoms with Gasteiger partial charge in [0.2, 0.25) is 11.8 Å². The van der Waals surface area contributed by atoms with Crippen LogP contribution >= 0.6 is 0 Å². The summed E-state index contributed by atoms with van der Waals surface area (Å²) in [5.41, 5.74) is 0.314. The van der Waals surface area contributed by atoms with Crippen molar-refractivity contribution in [3.8, 4) is 0 Å². The molecule has 5 nitrogen and oxygen atoms in total. The third kappa shape index (κ3) is 3.07. The second-order valence-electron chi connectivity index (χ2n) is 8.79. The summed E-state index contributed by atoms with van der Waals surface area (Å²) in [6, 6.07) is 0. The number of carbonyl (C=O) groups excluding carboxylic acids is 2. The van der Waals surface area contributed by atoms with Gasteiger partial charge in [0, 0.05) is 39.7 Å². The Morgan fingerprint density at radius 2 is 1.33 bits per heavy atom. The Morgan fingerprint density at radius 3 is 1.79 bits per heavy atom. The van der Waals surface area contributed by atoms with Crippen molar-refractivity contribution in [3.05, 3.63) is 0 Å². The first-order valence-electron chi connectivity index (χ1n) is 9.61. The van der Waals surface area contributed by atoms with Gasteiger partial charge < -0.3 is 14.5 Å². The topological polar surface area (TPSA) is 49.9 Å². The summed E-state index contributed by atoms with van der Waals surface area (Å²) in [6.07, 6.45) is 8.89. The van der Waals surface area contributed by atoms with Crippen molar-refractivity contribution in [2.75, 3.05) is 39.9 Å². The fourth-order valence-electron chi connectivity index (χ4n) is 6.36. The summed E-state index contributed by atoms with van der Waals surface area (Å²) in [6.45, 7) is 2.80. The number of rotatable bonds is 4. The molecular formula is C19H30N2O3. The molecule has 0 unspecified atom stereocenters. The largest absolute Gasteiger partial charge is 0.375 e. The molecule has 5 heteroatoms. The third-order valence-corrected chi connectivity index (χ3v) is 6.94. The van der Waals surface area contributed by atoms with Gasteiger partial charge in [0.1, 0.15) is 6.61 Å². The average molecular weight is 334 g/mol. The molecule has 134 valence electrons. The molecule has 4 aliphatic carbocycles. The van der Waals surface area contributed by atoms with Crippen molar-refractivity contribution in [1.82, 2.24) is 9.80 Å². The van der Waals surface area contributed by atoms with Crippen molar-refractivity contribution >= 4 is 11.8 Å². The summed E-state index contributed by atoms with van der Waals surface area (Å²) in [7, 11) is 1.54. The molecule has 0 N–H and O–H groups in total. The Bertz CT molecular complexity index is 475. The summed E-state index contributed by atoms with van der Waals surface area (Å²) in [5.74, 6) is 3.05. The number of nitrogens with zero attached hydrogens (tertiary/aromatic N) is 2. The first-order valence-corrected chi connectivity index (χ1v) is 9.61. The van der Waals surface area contributed by atoms with Crippen molar-refractivity contribution in [2.45, 2.75) is 44.9 Å². The van der Waals surface area contributed by atoms with Crippen molar-refractivity contribution in [3.63, 3.8) is 0 Å². The Balaban J connectivity index is 1.32. The zero-order valence-electron chi connectivity index (χ0n) is 14.8. The van der Waals surface area contributed by atoms with Gasteiger partial charge in [0.05, 0.1) is 0 Å². The molecule has 2 amide bonds. The maximum Gasteiger partial charge on any atom is 0.248 e. The average Bonchev–Trinajstić information content (AvgIpc) is 2.53. The van der Waals surface area contributed by atoms with Crippen LogP contribution < -0.4 is 0 Å². The molecule has 0 atom stereocenters. The first kappa shape index (κ1) is 16.4. The molecular weight excluding hydrogens is 304 g/mol. The Morgan fingerprint density at radius 1 is 0.875 bits per heavy atom. The lowest BCUT2D eigenvalue weighted by Crippen LogP contribution is -2.53. The van der Waals surface area contributed by atoms with E-state index in [4.69, 9.17) is 4.74 Å². The van der Waals surface area contributed by atoms with Crippen LogP contribution in [0.25, 0.3) is 0 Å². The predicted octanol–water partition coefficient (Wildman–Crippen LogP) is 1.91. The number of carbonyl (C=O) groups is 2. The van der Waals surface area contributed by atoms with E-state index >= 15 is 0 Å². The lowest BCUT2D eigenvalue weighted by molar-refractivity contribution is -0.146. The predicted molar refractivity (Wildman–Crippen MR) is 90.3 cm³/mol. The van der Waals surface area contributed by atoms with Gasteiger partial charge in [-0.05, 0) is 61.7 Å². The molecule has 1 heterocycles. The fraction of sp³-hybridized carbons (Fsp3) is 0.895. The lowest BCUT2D eigenvalue weighted by atomic mass is 9.49. The molecule has 0 radical (unpaired) electrons. The summed E-state index contributed by atoms with van der Waals surface area (Å²) in [5, 5.41) is 0. The summed E-state index contributed by atoms with van der Waals surface area (Å²) < 4.78 is 4.92. The van der Waals surface area contributed by atoms with E-state index < -0.39 is 0 Å². The van der Waals surface area contributed by atoms with Gasteiger partial charge in [-0.1, -0.05) is 0 Å². The van der Waals surface area contributed by atoms with Crippen LogP contribution in [-0.4, -0.2) is 61.5 Å². The van der Waals surface area contributed by atoms with Crippen molar-refractivity contribution in [1.29, 1.82) is 0 Å². The van der Waals surface area contributed by atoms with Crippen LogP contribution in [0.15, 0.2) is 0 Å². The van der Waals surface area contributed by atoms with Crippen LogP contribution in [0.3, 0.4) is 0 Å².